The van der Waals surface area contributed by atoms with Gasteiger partial charge in [0.15, 0.2) is 0 Å². The lowest BCUT2D eigenvalue weighted by Gasteiger charge is -2.02. The van der Waals surface area contributed by atoms with Crippen LogP contribution in [-0.2, 0) is 9.53 Å². The Kier molecular flexibility index (Phi) is 5.21. The van der Waals surface area contributed by atoms with E-state index in [0.29, 0.717) is 26.4 Å². The maximum absolute atomic E-state index is 12.1. The Morgan fingerprint density at radius 1 is 1.28 bits per heavy atom. The predicted molar refractivity (Wildman–Crippen MR) is 100 cm³/mol. The van der Waals surface area contributed by atoms with E-state index in [0.717, 1.165) is 0 Å². The fourth-order valence-electron chi connectivity index (χ4n) is 2.12. The molecule has 0 aliphatic carbocycles. The molecular weight excluding hydrogens is 360 g/mol. The van der Waals surface area contributed by atoms with Gasteiger partial charge in [-0.2, -0.15) is 0 Å². The van der Waals surface area contributed by atoms with Crippen molar-refractivity contribution in [3.8, 4) is 0 Å². The first kappa shape index (κ1) is 17.3. The Bertz CT molecular complexity index is 890. The van der Waals surface area contributed by atoms with E-state index >= 15 is 0 Å². The van der Waals surface area contributed by atoms with E-state index in [4.69, 9.17) is 16.3 Å². The zero-order valence-electron chi connectivity index (χ0n) is 13.1. The zero-order valence-corrected chi connectivity index (χ0v) is 14.7. The van der Waals surface area contributed by atoms with Crippen molar-refractivity contribution in [2.75, 3.05) is 7.11 Å². The molecule has 0 saturated carbocycles. The molecule has 1 aliphatic heterocycles. The smallest absolute Gasteiger partial charge is 0.344 e. The number of thioether (sulfide) groups is 1. The molecule has 5 nitrogen and oxygen atoms in total. The highest BCUT2D eigenvalue weighted by Gasteiger charge is 2.33. The lowest BCUT2D eigenvalue weighted by molar-refractivity contribution is -0.135. The van der Waals surface area contributed by atoms with Gasteiger partial charge in [-0.3, -0.25) is 4.98 Å². The average Bonchev–Trinajstić information content (AvgIpc) is 2.92. The van der Waals surface area contributed by atoms with Crippen LogP contribution in [0.1, 0.15) is 5.69 Å². The van der Waals surface area contributed by atoms with Crippen LogP contribution in [0.4, 0.5) is 5.69 Å². The Morgan fingerprint density at radius 3 is 2.68 bits per heavy atom. The molecule has 0 atom stereocenters. The number of carbonyl (C=O) groups excluding carboxylic acids is 1. The van der Waals surface area contributed by atoms with Crippen molar-refractivity contribution in [2.24, 2.45) is 4.99 Å². The monoisotopic (exact) mass is 372 g/mol. The summed E-state index contributed by atoms with van der Waals surface area (Å²) in [4.78, 5) is 21.2. The number of carbonyl (C=O) groups is 1. The molecule has 3 rings (SSSR count). The molecule has 0 fully saturated rings. The molecule has 1 aromatic heterocycles. The normalized spacial score (nSPS) is 17.4. The molecule has 0 saturated heterocycles. The molecule has 0 radical (unpaired) electrons. The summed E-state index contributed by atoms with van der Waals surface area (Å²) < 4.78 is 4.78. The minimum absolute atomic E-state index is 0.0321. The zero-order chi connectivity index (χ0) is 17.8. The van der Waals surface area contributed by atoms with Gasteiger partial charge < -0.3 is 9.84 Å². The second-order valence-corrected chi connectivity index (χ2v) is 6.44. The van der Waals surface area contributed by atoms with Gasteiger partial charge in [-0.05, 0) is 42.5 Å². The number of aliphatic hydroxyl groups excluding tert-OH is 1. The van der Waals surface area contributed by atoms with Gasteiger partial charge in [0, 0.05) is 11.2 Å². The molecule has 0 bridgehead atoms. The van der Waals surface area contributed by atoms with Crippen molar-refractivity contribution in [3.05, 3.63) is 75.6 Å². The van der Waals surface area contributed by atoms with Crippen LogP contribution in [0.2, 0.25) is 5.02 Å². The second-order valence-electron chi connectivity index (χ2n) is 4.97. The van der Waals surface area contributed by atoms with E-state index in [9.17, 15) is 9.90 Å². The number of pyridine rings is 1. The number of halogens is 1. The van der Waals surface area contributed by atoms with Crippen LogP contribution in [0.25, 0.3) is 6.08 Å². The molecule has 2 aromatic rings. The highest BCUT2D eigenvalue weighted by atomic mass is 35.5. The Hall–Kier alpha value is -2.57. The first-order chi connectivity index (χ1) is 12.1. The summed E-state index contributed by atoms with van der Waals surface area (Å²) in [5.74, 6) is -0.822. The maximum atomic E-state index is 12.1. The van der Waals surface area contributed by atoms with E-state index < -0.39 is 5.97 Å². The minimum atomic E-state index is -0.651. The van der Waals surface area contributed by atoms with Crippen LogP contribution in [0.15, 0.2) is 69.9 Å². The molecule has 25 heavy (non-hydrogen) atoms. The summed E-state index contributed by atoms with van der Waals surface area (Å²) >= 11 is 7.05. The first-order valence-corrected chi connectivity index (χ1v) is 8.45. The van der Waals surface area contributed by atoms with E-state index in [1.165, 1.54) is 18.9 Å². The fourth-order valence-corrected chi connectivity index (χ4v) is 3.26. The van der Waals surface area contributed by atoms with Crippen molar-refractivity contribution in [1.82, 2.24) is 4.98 Å². The number of hydrogen-bond acceptors (Lipinski definition) is 6. The quantitative estimate of drug-likeness (QED) is 0.801. The number of benzene rings is 1. The molecular formula is C18H13ClN2O3S. The third-order valence-corrected chi connectivity index (χ3v) is 4.58. The number of hydrogen-bond donors (Lipinski definition) is 1. The Labute approximate surface area is 153 Å². The number of aromatic nitrogens is 1. The number of rotatable bonds is 3. The summed E-state index contributed by atoms with van der Waals surface area (Å²) in [6, 6.07) is 12.3. The molecule has 0 unspecified atom stereocenters. The largest absolute Gasteiger partial charge is 0.506 e. The van der Waals surface area contributed by atoms with Crippen LogP contribution in [0.3, 0.4) is 0 Å². The van der Waals surface area contributed by atoms with Crippen molar-refractivity contribution in [3.63, 3.8) is 0 Å². The summed E-state index contributed by atoms with van der Waals surface area (Å²) in [5.41, 5.74) is 1.30. The van der Waals surface area contributed by atoms with Gasteiger partial charge in [0.1, 0.15) is 16.4 Å². The van der Waals surface area contributed by atoms with E-state index in [2.05, 4.69) is 9.98 Å². The molecule has 1 N–H and O–H groups in total. The van der Waals surface area contributed by atoms with Crippen LogP contribution in [0.5, 0.6) is 0 Å². The van der Waals surface area contributed by atoms with E-state index in [-0.39, 0.29) is 11.3 Å². The average molecular weight is 373 g/mol. The SMILES string of the molecule is COC(=O)C1=C(O)C(=Cc2ccccn2)SC1=Nc1ccc(Cl)cc1. The predicted octanol–water partition coefficient (Wildman–Crippen LogP) is 4.54. The molecule has 2 heterocycles. The molecule has 0 spiro atoms. The third-order valence-electron chi connectivity index (χ3n) is 3.30. The number of nitrogens with zero attached hydrogens (tertiary/aromatic N) is 2. The van der Waals surface area contributed by atoms with Crippen molar-refractivity contribution in [1.29, 1.82) is 0 Å². The highest BCUT2D eigenvalue weighted by molar-refractivity contribution is 8.18. The molecule has 0 amide bonds. The third kappa shape index (κ3) is 3.92. The standard InChI is InChI=1S/C18H13ClN2O3S/c1-24-18(23)15-16(22)14(10-13-4-2-3-9-20-13)25-17(15)21-12-7-5-11(19)6-8-12/h2-10,22H,1H3. The van der Waals surface area contributed by atoms with Gasteiger partial charge >= 0.3 is 5.97 Å². The number of aliphatic imine (C=N–C) groups is 1. The van der Waals surface area contributed by atoms with E-state index in [1.807, 2.05) is 6.07 Å². The number of ether oxygens (including phenoxy) is 1. The van der Waals surface area contributed by atoms with Crippen molar-refractivity contribution < 1.29 is 14.6 Å². The van der Waals surface area contributed by atoms with Crippen LogP contribution >= 0.6 is 23.4 Å². The Balaban J connectivity index is 2.03. The van der Waals surface area contributed by atoms with Crippen LogP contribution in [-0.4, -0.2) is 28.2 Å². The minimum Gasteiger partial charge on any atom is -0.506 e. The van der Waals surface area contributed by atoms with Crippen LogP contribution < -0.4 is 0 Å². The van der Waals surface area contributed by atoms with Gasteiger partial charge in [-0.1, -0.05) is 29.4 Å². The van der Waals surface area contributed by atoms with E-state index in [1.54, 1.807) is 48.7 Å². The highest BCUT2D eigenvalue weighted by Crippen LogP contribution is 2.40. The lowest BCUT2D eigenvalue weighted by atomic mass is 10.2. The van der Waals surface area contributed by atoms with Gasteiger partial charge in [-0.25, -0.2) is 9.79 Å². The van der Waals surface area contributed by atoms with Gasteiger partial charge in [0.05, 0.1) is 23.4 Å². The maximum Gasteiger partial charge on any atom is 0.344 e. The van der Waals surface area contributed by atoms with Gasteiger partial charge in [0.25, 0.3) is 0 Å². The lowest BCUT2D eigenvalue weighted by Crippen LogP contribution is -2.10. The molecule has 1 aliphatic rings. The second kappa shape index (κ2) is 7.55. The summed E-state index contributed by atoms with van der Waals surface area (Å²) in [7, 11) is 1.26. The number of aliphatic hydroxyl groups is 1. The number of methoxy groups -OCH3 is 1. The van der Waals surface area contributed by atoms with Crippen molar-refractivity contribution >= 4 is 46.1 Å². The molecule has 1 aromatic carbocycles. The molecule has 7 heteroatoms. The topological polar surface area (TPSA) is 71.8 Å². The first-order valence-electron chi connectivity index (χ1n) is 7.25. The van der Waals surface area contributed by atoms with Crippen molar-refractivity contribution in [2.45, 2.75) is 0 Å². The summed E-state index contributed by atoms with van der Waals surface area (Å²) in [6.45, 7) is 0. The molecule has 126 valence electrons. The Morgan fingerprint density at radius 2 is 2.04 bits per heavy atom. The van der Waals surface area contributed by atoms with Gasteiger partial charge in [0.2, 0.25) is 0 Å². The number of esters is 1. The fraction of sp³-hybridized carbons (Fsp3) is 0.0556. The van der Waals surface area contributed by atoms with Gasteiger partial charge in [-0.15, -0.1) is 0 Å². The summed E-state index contributed by atoms with van der Waals surface area (Å²) in [5, 5.41) is 11.4. The van der Waals surface area contributed by atoms with Crippen LogP contribution in [0, 0.1) is 0 Å². The summed E-state index contributed by atoms with van der Waals surface area (Å²) in [6.07, 6.45) is 3.34.